The molecule has 0 spiro atoms. The fourth-order valence-corrected chi connectivity index (χ4v) is 3.12. The maximum atomic E-state index is 12.5. The van der Waals surface area contributed by atoms with Crippen molar-refractivity contribution in [2.45, 2.75) is 59.1 Å². The van der Waals surface area contributed by atoms with Crippen molar-refractivity contribution in [3.63, 3.8) is 0 Å². The molecule has 5 heteroatoms. The lowest BCUT2D eigenvalue weighted by atomic mass is 9.90. The number of carbonyl (C=O) groups excluding carboxylic acids is 1. The Morgan fingerprint density at radius 1 is 1.39 bits per heavy atom. The summed E-state index contributed by atoms with van der Waals surface area (Å²) in [6.45, 7) is 10.8. The molecule has 2 rings (SSSR count). The first-order chi connectivity index (χ1) is 10.2. The van der Waals surface area contributed by atoms with Gasteiger partial charge in [-0.3, -0.25) is 4.79 Å². The number of aryl methyl sites for hydroxylation is 2. The SMILES string of the molecule is Cc1cc2c(cc1C)OC(C(=O)NC(C)(CN)CC(C)C)C2.Cl. The Morgan fingerprint density at radius 3 is 2.57 bits per heavy atom. The standard InChI is InChI=1S/C18H28N2O2.ClH/c1-11(2)9-18(5,10-19)20-17(21)16-8-14-6-12(3)13(4)7-15(14)22-16;/h6-7,11,16H,8-10,19H2,1-5H3,(H,20,21);1H. The molecule has 0 radical (unpaired) electrons. The highest BCUT2D eigenvalue weighted by Gasteiger charge is 2.34. The van der Waals surface area contributed by atoms with Crippen LogP contribution in [0.3, 0.4) is 0 Å². The molecular weight excluding hydrogens is 312 g/mol. The smallest absolute Gasteiger partial charge is 0.261 e. The summed E-state index contributed by atoms with van der Waals surface area (Å²) in [5.74, 6) is 1.24. The van der Waals surface area contributed by atoms with Crippen LogP contribution in [0.1, 0.15) is 43.9 Å². The number of nitrogens with two attached hydrogens (primary N) is 1. The fourth-order valence-electron chi connectivity index (χ4n) is 3.12. The van der Waals surface area contributed by atoms with Crippen LogP contribution in [0.25, 0.3) is 0 Å². The third-order valence-corrected chi connectivity index (χ3v) is 4.38. The predicted octanol–water partition coefficient (Wildman–Crippen LogP) is 2.91. The number of hydrogen-bond donors (Lipinski definition) is 2. The van der Waals surface area contributed by atoms with Gasteiger partial charge in [-0.1, -0.05) is 19.9 Å². The summed E-state index contributed by atoms with van der Waals surface area (Å²) in [6.07, 6.45) is 1.03. The average Bonchev–Trinajstić information content (AvgIpc) is 2.81. The molecule has 2 unspecified atom stereocenters. The minimum Gasteiger partial charge on any atom is -0.480 e. The van der Waals surface area contributed by atoms with Crippen LogP contribution >= 0.6 is 12.4 Å². The van der Waals surface area contributed by atoms with Gasteiger partial charge in [0, 0.05) is 18.5 Å². The van der Waals surface area contributed by atoms with E-state index in [9.17, 15) is 4.79 Å². The molecule has 1 aromatic carbocycles. The number of ether oxygens (including phenoxy) is 1. The first kappa shape index (κ1) is 19.8. The second kappa shape index (κ2) is 7.54. The van der Waals surface area contributed by atoms with E-state index in [0.717, 1.165) is 17.7 Å². The van der Waals surface area contributed by atoms with Gasteiger partial charge in [-0.25, -0.2) is 0 Å². The Balaban J connectivity index is 0.00000264. The van der Waals surface area contributed by atoms with Crippen LogP contribution in [0.4, 0.5) is 0 Å². The zero-order valence-corrected chi connectivity index (χ0v) is 15.5. The number of carbonyl (C=O) groups is 1. The van der Waals surface area contributed by atoms with Crippen molar-refractivity contribution in [2.75, 3.05) is 6.54 Å². The molecule has 0 fully saturated rings. The van der Waals surface area contributed by atoms with Gasteiger partial charge in [-0.2, -0.15) is 0 Å². The monoisotopic (exact) mass is 340 g/mol. The van der Waals surface area contributed by atoms with Crippen LogP contribution in [-0.2, 0) is 11.2 Å². The van der Waals surface area contributed by atoms with Gasteiger partial charge in [0.15, 0.2) is 6.10 Å². The Labute approximate surface area is 145 Å². The van der Waals surface area contributed by atoms with Crippen molar-refractivity contribution < 1.29 is 9.53 Å². The summed E-state index contributed by atoms with van der Waals surface area (Å²) in [6, 6.07) is 4.14. The zero-order valence-electron chi connectivity index (χ0n) is 14.7. The fraction of sp³-hybridized carbons (Fsp3) is 0.611. The van der Waals surface area contributed by atoms with E-state index in [0.29, 0.717) is 18.9 Å². The molecule has 3 N–H and O–H groups in total. The lowest BCUT2D eigenvalue weighted by molar-refractivity contribution is -0.129. The lowest BCUT2D eigenvalue weighted by Crippen LogP contribution is -2.55. The highest BCUT2D eigenvalue weighted by atomic mass is 35.5. The molecule has 1 aliphatic rings. The van der Waals surface area contributed by atoms with E-state index in [-0.39, 0.29) is 23.9 Å². The summed E-state index contributed by atoms with van der Waals surface area (Å²) in [5, 5.41) is 3.09. The third kappa shape index (κ3) is 4.61. The molecule has 4 nitrogen and oxygen atoms in total. The molecule has 0 bridgehead atoms. The van der Waals surface area contributed by atoms with Crippen molar-refractivity contribution >= 4 is 18.3 Å². The normalized spacial score (nSPS) is 18.7. The van der Waals surface area contributed by atoms with Gasteiger partial charge in [0.2, 0.25) is 0 Å². The van der Waals surface area contributed by atoms with Gasteiger partial charge >= 0.3 is 0 Å². The molecule has 0 aromatic heterocycles. The lowest BCUT2D eigenvalue weighted by Gasteiger charge is -2.32. The molecule has 0 aliphatic carbocycles. The van der Waals surface area contributed by atoms with Crippen molar-refractivity contribution in [1.82, 2.24) is 5.32 Å². The first-order valence-electron chi connectivity index (χ1n) is 8.03. The summed E-state index contributed by atoms with van der Waals surface area (Å²) in [7, 11) is 0. The van der Waals surface area contributed by atoms with E-state index in [1.54, 1.807) is 0 Å². The van der Waals surface area contributed by atoms with Crippen LogP contribution in [0.15, 0.2) is 12.1 Å². The number of benzene rings is 1. The third-order valence-electron chi connectivity index (χ3n) is 4.38. The van der Waals surface area contributed by atoms with Crippen LogP contribution in [0, 0.1) is 19.8 Å². The van der Waals surface area contributed by atoms with Gasteiger partial charge in [0.1, 0.15) is 5.75 Å². The van der Waals surface area contributed by atoms with Crippen LogP contribution in [0.5, 0.6) is 5.75 Å². The maximum Gasteiger partial charge on any atom is 0.261 e. The van der Waals surface area contributed by atoms with Gasteiger partial charge in [0.05, 0.1) is 0 Å². The van der Waals surface area contributed by atoms with E-state index < -0.39 is 6.10 Å². The summed E-state index contributed by atoms with van der Waals surface area (Å²) >= 11 is 0. The molecule has 1 amide bonds. The summed E-state index contributed by atoms with van der Waals surface area (Å²) in [4.78, 5) is 12.5. The maximum absolute atomic E-state index is 12.5. The van der Waals surface area contributed by atoms with Gasteiger partial charge < -0.3 is 15.8 Å². The molecule has 1 heterocycles. The number of nitrogens with one attached hydrogen (secondary N) is 1. The molecule has 0 saturated heterocycles. The first-order valence-corrected chi connectivity index (χ1v) is 8.03. The number of fused-ring (bicyclic) bond motifs is 1. The van der Waals surface area contributed by atoms with Crippen LogP contribution in [-0.4, -0.2) is 24.1 Å². The van der Waals surface area contributed by atoms with E-state index in [4.69, 9.17) is 10.5 Å². The second-order valence-electron chi connectivity index (χ2n) is 7.21. The number of halogens is 1. The second-order valence-corrected chi connectivity index (χ2v) is 7.21. The van der Waals surface area contributed by atoms with Gasteiger partial charge in [-0.05, 0) is 55.9 Å². The molecular formula is C18H29ClN2O2. The van der Waals surface area contributed by atoms with E-state index in [1.807, 2.05) is 13.0 Å². The Bertz CT molecular complexity index is 543. The summed E-state index contributed by atoms with van der Waals surface area (Å²) < 4.78 is 5.85. The Morgan fingerprint density at radius 2 is 2.00 bits per heavy atom. The molecule has 0 saturated carbocycles. The number of rotatable bonds is 5. The number of hydrogen-bond acceptors (Lipinski definition) is 3. The van der Waals surface area contributed by atoms with E-state index in [2.05, 4.69) is 39.1 Å². The van der Waals surface area contributed by atoms with Crippen molar-refractivity contribution in [3.05, 3.63) is 28.8 Å². The molecule has 130 valence electrons. The minimum absolute atomic E-state index is 0. The van der Waals surface area contributed by atoms with Crippen LogP contribution < -0.4 is 15.8 Å². The molecule has 1 aliphatic heterocycles. The predicted molar refractivity (Wildman–Crippen MR) is 96.3 cm³/mol. The highest BCUT2D eigenvalue weighted by Crippen LogP contribution is 2.31. The highest BCUT2D eigenvalue weighted by molar-refractivity contribution is 5.85. The average molecular weight is 341 g/mol. The molecule has 2 atom stereocenters. The van der Waals surface area contributed by atoms with Crippen molar-refractivity contribution in [3.8, 4) is 5.75 Å². The van der Waals surface area contributed by atoms with Gasteiger partial charge in [-0.15, -0.1) is 12.4 Å². The van der Waals surface area contributed by atoms with Gasteiger partial charge in [0.25, 0.3) is 5.91 Å². The molecule has 1 aromatic rings. The Hall–Kier alpha value is -1.26. The van der Waals surface area contributed by atoms with Crippen molar-refractivity contribution in [1.29, 1.82) is 0 Å². The number of amides is 1. The topological polar surface area (TPSA) is 64.3 Å². The van der Waals surface area contributed by atoms with E-state index >= 15 is 0 Å². The van der Waals surface area contributed by atoms with Crippen molar-refractivity contribution in [2.24, 2.45) is 11.7 Å². The Kier molecular flexibility index (Phi) is 6.49. The minimum atomic E-state index is -0.450. The van der Waals surface area contributed by atoms with Crippen LogP contribution in [0.2, 0.25) is 0 Å². The zero-order chi connectivity index (χ0) is 16.5. The quantitative estimate of drug-likeness (QED) is 0.866. The van der Waals surface area contributed by atoms with E-state index in [1.165, 1.54) is 11.1 Å². The largest absolute Gasteiger partial charge is 0.480 e. The summed E-state index contributed by atoms with van der Waals surface area (Å²) in [5.41, 5.74) is 9.02. The molecule has 23 heavy (non-hydrogen) atoms.